The van der Waals surface area contributed by atoms with Gasteiger partial charge < -0.3 is 4.74 Å². The van der Waals surface area contributed by atoms with E-state index in [0.29, 0.717) is 17.3 Å². The van der Waals surface area contributed by atoms with Gasteiger partial charge in [0.1, 0.15) is 6.61 Å². The van der Waals surface area contributed by atoms with Crippen molar-refractivity contribution in [3.63, 3.8) is 0 Å². The lowest BCUT2D eigenvalue weighted by atomic mass is 10.0. The summed E-state index contributed by atoms with van der Waals surface area (Å²) >= 11 is 6.43. The molecule has 154 valence electrons. The van der Waals surface area contributed by atoms with Crippen molar-refractivity contribution in [2.45, 2.75) is 52.9 Å². The Morgan fingerprint density at radius 2 is 1.93 bits per heavy atom. The number of halogens is 1. The third kappa shape index (κ3) is 7.69. The fraction of sp³-hybridized carbons (Fsp3) is 0.522. The van der Waals surface area contributed by atoms with E-state index in [9.17, 15) is 4.79 Å². The Labute approximate surface area is 174 Å². The van der Waals surface area contributed by atoms with Crippen LogP contribution in [0.2, 0.25) is 5.02 Å². The van der Waals surface area contributed by atoms with Gasteiger partial charge in [-0.15, -0.1) is 0 Å². The molecule has 0 bridgehead atoms. The Kier molecular flexibility index (Phi) is 9.59. The number of amides is 1. The molecule has 1 aliphatic rings. The van der Waals surface area contributed by atoms with Crippen molar-refractivity contribution in [3.05, 3.63) is 46.5 Å². The SMILES string of the molecule is CC/C(C)=C/CC/C=C(\C)c1ccc(NC(=O)OCCN2CCCC2)cc1Cl. The highest BCUT2D eigenvalue weighted by Crippen LogP contribution is 2.27. The quantitative estimate of drug-likeness (QED) is 0.376. The van der Waals surface area contributed by atoms with E-state index < -0.39 is 6.09 Å². The topological polar surface area (TPSA) is 41.6 Å². The van der Waals surface area contributed by atoms with E-state index in [1.807, 2.05) is 12.1 Å². The number of hydrogen-bond donors (Lipinski definition) is 1. The summed E-state index contributed by atoms with van der Waals surface area (Å²) in [7, 11) is 0. The van der Waals surface area contributed by atoms with Gasteiger partial charge in [0.2, 0.25) is 0 Å². The average molecular weight is 405 g/mol. The zero-order valence-electron chi connectivity index (χ0n) is 17.4. The normalized spacial score (nSPS) is 15.7. The summed E-state index contributed by atoms with van der Waals surface area (Å²) in [5, 5.41) is 3.38. The summed E-state index contributed by atoms with van der Waals surface area (Å²) in [6.45, 7) is 9.81. The minimum Gasteiger partial charge on any atom is -0.448 e. The molecule has 0 spiro atoms. The van der Waals surface area contributed by atoms with E-state index in [4.69, 9.17) is 16.3 Å². The fourth-order valence-electron chi connectivity index (χ4n) is 3.22. The number of benzene rings is 1. The van der Waals surface area contributed by atoms with Crippen molar-refractivity contribution in [2.75, 3.05) is 31.6 Å². The maximum atomic E-state index is 12.0. The lowest BCUT2D eigenvalue weighted by Gasteiger charge is -2.14. The largest absolute Gasteiger partial charge is 0.448 e. The number of allylic oxidation sites excluding steroid dienone is 4. The molecule has 4 nitrogen and oxygen atoms in total. The summed E-state index contributed by atoms with van der Waals surface area (Å²) in [5.74, 6) is 0. The summed E-state index contributed by atoms with van der Waals surface area (Å²) in [5.41, 5.74) is 4.21. The van der Waals surface area contributed by atoms with Gasteiger partial charge in [0, 0.05) is 12.2 Å². The second-order valence-corrected chi connectivity index (χ2v) is 7.78. The molecule has 0 aromatic heterocycles. The molecular formula is C23H33ClN2O2. The molecular weight excluding hydrogens is 372 g/mol. The third-order valence-electron chi connectivity index (χ3n) is 5.15. The summed E-state index contributed by atoms with van der Waals surface area (Å²) in [6, 6.07) is 5.58. The van der Waals surface area contributed by atoms with Crippen molar-refractivity contribution >= 4 is 29.0 Å². The van der Waals surface area contributed by atoms with Gasteiger partial charge in [-0.1, -0.05) is 42.3 Å². The maximum Gasteiger partial charge on any atom is 0.411 e. The third-order valence-corrected chi connectivity index (χ3v) is 5.46. The Balaban J connectivity index is 1.82. The highest BCUT2D eigenvalue weighted by Gasteiger charge is 2.12. The molecule has 0 radical (unpaired) electrons. The Hall–Kier alpha value is -1.78. The van der Waals surface area contributed by atoms with E-state index in [0.717, 1.165) is 50.0 Å². The van der Waals surface area contributed by atoms with Gasteiger partial charge in [-0.05, 0) is 82.3 Å². The van der Waals surface area contributed by atoms with Crippen LogP contribution >= 0.6 is 11.6 Å². The predicted octanol–water partition coefficient (Wildman–Crippen LogP) is 6.52. The Bertz CT molecular complexity index is 707. The van der Waals surface area contributed by atoms with Crippen molar-refractivity contribution in [3.8, 4) is 0 Å². The first-order chi connectivity index (χ1) is 13.5. The first kappa shape index (κ1) is 22.5. The number of hydrogen-bond acceptors (Lipinski definition) is 3. The molecule has 1 heterocycles. The smallest absolute Gasteiger partial charge is 0.411 e. The van der Waals surface area contributed by atoms with Crippen molar-refractivity contribution in [2.24, 2.45) is 0 Å². The van der Waals surface area contributed by atoms with Crippen LogP contribution in [-0.2, 0) is 4.74 Å². The van der Waals surface area contributed by atoms with Gasteiger partial charge in [0.25, 0.3) is 0 Å². The molecule has 2 rings (SSSR count). The van der Waals surface area contributed by atoms with Gasteiger partial charge >= 0.3 is 6.09 Å². The number of rotatable bonds is 9. The molecule has 0 saturated carbocycles. The molecule has 0 atom stereocenters. The van der Waals surface area contributed by atoms with Crippen LogP contribution in [0.1, 0.15) is 58.4 Å². The minimum atomic E-state index is -0.437. The van der Waals surface area contributed by atoms with Crippen LogP contribution in [0.25, 0.3) is 5.57 Å². The molecule has 1 fully saturated rings. The van der Waals surface area contributed by atoms with Crippen LogP contribution in [0.3, 0.4) is 0 Å². The van der Waals surface area contributed by atoms with Crippen LogP contribution in [0, 0.1) is 0 Å². The van der Waals surface area contributed by atoms with Crippen molar-refractivity contribution < 1.29 is 9.53 Å². The average Bonchev–Trinajstić information content (AvgIpc) is 3.18. The highest BCUT2D eigenvalue weighted by molar-refractivity contribution is 6.32. The number of likely N-dealkylation sites (tertiary alicyclic amines) is 1. The number of unbranched alkanes of at least 4 members (excludes halogenated alkanes) is 1. The molecule has 1 saturated heterocycles. The van der Waals surface area contributed by atoms with E-state index >= 15 is 0 Å². The molecule has 1 aromatic rings. The monoisotopic (exact) mass is 404 g/mol. The molecule has 1 aromatic carbocycles. The summed E-state index contributed by atoms with van der Waals surface area (Å²) in [4.78, 5) is 14.3. The number of ether oxygens (including phenoxy) is 1. The van der Waals surface area contributed by atoms with Crippen molar-refractivity contribution in [1.29, 1.82) is 0 Å². The standard InChI is InChI=1S/C23H33ClN2O2/c1-4-18(2)9-5-6-10-19(3)21-12-11-20(17-22(21)24)25-23(27)28-16-15-26-13-7-8-14-26/h9-12,17H,4-8,13-16H2,1-3H3,(H,25,27)/b18-9+,19-10+. The van der Waals surface area contributed by atoms with Crippen LogP contribution in [0.4, 0.5) is 10.5 Å². The van der Waals surface area contributed by atoms with E-state index in [-0.39, 0.29) is 0 Å². The second kappa shape index (κ2) is 11.9. The molecule has 0 aliphatic carbocycles. The molecule has 5 heteroatoms. The zero-order valence-corrected chi connectivity index (χ0v) is 18.1. The van der Waals surface area contributed by atoms with Gasteiger partial charge in [-0.25, -0.2) is 4.79 Å². The fourth-order valence-corrected chi connectivity index (χ4v) is 3.55. The predicted molar refractivity (Wildman–Crippen MR) is 119 cm³/mol. The van der Waals surface area contributed by atoms with Crippen LogP contribution in [0.15, 0.2) is 35.9 Å². The summed E-state index contributed by atoms with van der Waals surface area (Å²) < 4.78 is 5.27. The van der Waals surface area contributed by atoms with Crippen LogP contribution < -0.4 is 5.32 Å². The maximum absolute atomic E-state index is 12.0. The van der Waals surface area contributed by atoms with E-state index in [1.165, 1.54) is 18.4 Å². The lowest BCUT2D eigenvalue weighted by molar-refractivity contribution is 0.146. The molecule has 1 aliphatic heterocycles. The van der Waals surface area contributed by atoms with Gasteiger partial charge in [-0.2, -0.15) is 0 Å². The first-order valence-electron chi connectivity index (χ1n) is 10.3. The van der Waals surface area contributed by atoms with Crippen LogP contribution in [-0.4, -0.2) is 37.2 Å². The van der Waals surface area contributed by atoms with Gasteiger partial charge in [0.15, 0.2) is 0 Å². The van der Waals surface area contributed by atoms with Crippen molar-refractivity contribution in [1.82, 2.24) is 4.90 Å². The second-order valence-electron chi connectivity index (χ2n) is 7.37. The molecule has 1 N–H and O–H groups in total. The number of anilines is 1. The zero-order chi connectivity index (χ0) is 20.4. The van der Waals surface area contributed by atoms with Crippen LogP contribution in [0.5, 0.6) is 0 Å². The van der Waals surface area contributed by atoms with E-state index in [1.54, 1.807) is 6.07 Å². The minimum absolute atomic E-state index is 0.408. The van der Waals surface area contributed by atoms with E-state index in [2.05, 4.69) is 43.1 Å². The van der Waals surface area contributed by atoms with Gasteiger partial charge in [-0.3, -0.25) is 10.2 Å². The Morgan fingerprint density at radius 3 is 2.61 bits per heavy atom. The lowest BCUT2D eigenvalue weighted by Crippen LogP contribution is -2.26. The molecule has 0 unspecified atom stereocenters. The molecule has 28 heavy (non-hydrogen) atoms. The van der Waals surface area contributed by atoms with Gasteiger partial charge in [0.05, 0.1) is 5.02 Å². The highest BCUT2D eigenvalue weighted by atomic mass is 35.5. The Morgan fingerprint density at radius 1 is 1.21 bits per heavy atom. The molecule has 1 amide bonds. The first-order valence-corrected chi connectivity index (χ1v) is 10.7. The number of carbonyl (C=O) groups excluding carboxylic acids is 1. The summed E-state index contributed by atoms with van der Waals surface area (Å²) in [6.07, 6.45) is 9.66. The number of nitrogens with one attached hydrogen (secondary N) is 1. The number of carbonyl (C=O) groups is 1. The number of nitrogens with zero attached hydrogens (tertiary/aromatic N) is 1.